The molecule has 0 aromatic carbocycles. The standard InChI is InChI=1S/C9H14N4O3/c1-3-13(6-8(14)15)9(16)11-7-4-10-12(2)5-7/h4-5H,3,6H2,1-2H3,(H,11,16)(H,14,15). The summed E-state index contributed by atoms with van der Waals surface area (Å²) in [5.74, 6) is -1.04. The Balaban J connectivity index is 2.59. The van der Waals surface area contributed by atoms with Gasteiger partial charge in [0, 0.05) is 19.8 Å². The van der Waals surface area contributed by atoms with Gasteiger partial charge in [0.05, 0.1) is 11.9 Å². The first kappa shape index (κ1) is 12.0. The molecule has 0 saturated carbocycles. The molecule has 0 atom stereocenters. The van der Waals surface area contributed by atoms with E-state index in [2.05, 4.69) is 10.4 Å². The van der Waals surface area contributed by atoms with E-state index in [1.807, 2.05) is 0 Å². The number of hydrogen-bond donors (Lipinski definition) is 2. The number of nitrogens with zero attached hydrogens (tertiary/aromatic N) is 3. The Labute approximate surface area is 92.7 Å². The smallest absolute Gasteiger partial charge is 0.323 e. The van der Waals surface area contributed by atoms with Crippen LogP contribution in [0.15, 0.2) is 12.4 Å². The average Bonchev–Trinajstić information content (AvgIpc) is 2.60. The zero-order valence-corrected chi connectivity index (χ0v) is 9.17. The molecule has 1 aromatic heterocycles. The summed E-state index contributed by atoms with van der Waals surface area (Å²) in [5.41, 5.74) is 0.538. The fourth-order valence-electron chi connectivity index (χ4n) is 1.18. The Morgan fingerprint density at radius 1 is 1.62 bits per heavy atom. The van der Waals surface area contributed by atoms with Gasteiger partial charge in [0.25, 0.3) is 0 Å². The van der Waals surface area contributed by atoms with Crippen LogP contribution in [0.25, 0.3) is 0 Å². The molecule has 0 fully saturated rings. The molecule has 16 heavy (non-hydrogen) atoms. The maximum absolute atomic E-state index is 11.6. The number of carboxylic acids is 1. The lowest BCUT2D eigenvalue weighted by Gasteiger charge is -2.18. The summed E-state index contributed by atoms with van der Waals surface area (Å²) in [6, 6.07) is -0.446. The van der Waals surface area contributed by atoms with Crippen LogP contribution in [0.5, 0.6) is 0 Å². The number of carboxylic acid groups (broad SMARTS) is 1. The third-order valence-corrected chi connectivity index (χ3v) is 1.95. The topological polar surface area (TPSA) is 87.5 Å². The first-order chi connectivity index (χ1) is 7.52. The van der Waals surface area contributed by atoms with Crippen molar-refractivity contribution in [3.05, 3.63) is 12.4 Å². The predicted octanol–water partition coefficient (Wildman–Crippen LogP) is 0.358. The molecular formula is C9H14N4O3. The minimum atomic E-state index is -1.04. The normalized spacial score (nSPS) is 9.88. The third-order valence-electron chi connectivity index (χ3n) is 1.95. The molecule has 0 unspecified atom stereocenters. The number of carbonyl (C=O) groups is 2. The van der Waals surface area contributed by atoms with Crippen molar-refractivity contribution in [1.29, 1.82) is 0 Å². The number of amides is 2. The van der Waals surface area contributed by atoms with Gasteiger partial charge in [-0.25, -0.2) is 4.79 Å². The van der Waals surface area contributed by atoms with Gasteiger partial charge in [0.15, 0.2) is 0 Å². The van der Waals surface area contributed by atoms with Crippen LogP contribution < -0.4 is 5.32 Å². The van der Waals surface area contributed by atoms with Gasteiger partial charge < -0.3 is 15.3 Å². The highest BCUT2D eigenvalue weighted by Gasteiger charge is 2.15. The van der Waals surface area contributed by atoms with E-state index < -0.39 is 12.0 Å². The van der Waals surface area contributed by atoms with Gasteiger partial charge in [-0.15, -0.1) is 0 Å². The third kappa shape index (κ3) is 3.26. The number of carbonyl (C=O) groups excluding carboxylic acids is 1. The number of hydrogen-bond acceptors (Lipinski definition) is 3. The fourth-order valence-corrected chi connectivity index (χ4v) is 1.18. The molecule has 2 amide bonds. The van der Waals surface area contributed by atoms with Gasteiger partial charge in [0.2, 0.25) is 0 Å². The van der Waals surface area contributed by atoms with Crippen LogP contribution in [-0.4, -0.2) is 44.9 Å². The number of aryl methyl sites for hydroxylation is 1. The number of aliphatic carboxylic acids is 1. The van der Waals surface area contributed by atoms with Crippen molar-refractivity contribution in [2.24, 2.45) is 7.05 Å². The van der Waals surface area contributed by atoms with Crippen LogP contribution in [0, 0.1) is 0 Å². The second kappa shape index (κ2) is 5.15. The van der Waals surface area contributed by atoms with Crippen LogP contribution in [0.3, 0.4) is 0 Å². The molecule has 0 saturated heterocycles. The van der Waals surface area contributed by atoms with Crippen molar-refractivity contribution in [2.75, 3.05) is 18.4 Å². The molecule has 2 N–H and O–H groups in total. The first-order valence-electron chi connectivity index (χ1n) is 4.79. The van der Waals surface area contributed by atoms with Crippen LogP contribution in [0.4, 0.5) is 10.5 Å². The van der Waals surface area contributed by atoms with Crippen molar-refractivity contribution in [1.82, 2.24) is 14.7 Å². The van der Waals surface area contributed by atoms with E-state index in [4.69, 9.17) is 5.11 Å². The Hall–Kier alpha value is -2.05. The summed E-state index contributed by atoms with van der Waals surface area (Å²) in [6.45, 7) is 1.73. The lowest BCUT2D eigenvalue weighted by molar-refractivity contribution is -0.137. The minimum Gasteiger partial charge on any atom is -0.480 e. The summed E-state index contributed by atoms with van der Waals surface area (Å²) in [5, 5.41) is 15.0. The number of rotatable bonds is 4. The molecule has 7 nitrogen and oxygen atoms in total. The Kier molecular flexibility index (Phi) is 3.87. The molecule has 7 heteroatoms. The second-order valence-corrected chi connectivity index (χ2v) is 3.24. The summed E-state index contributed by atoms with van der Waals surface area (Å²) in [7, 11) is 1.73. The summed E-state index contributed by atoms with van der Waals surface area (Å²) in [6.07, 6.45) is 3.12. The maximum Gasteiger partial charge on any atom is 0.323 e. The number of likely N-dealkylation sites (N-methyl/N-ethyl adjacent to an activating group) is 1. The molecule has 0 radical (unpaired) electrons. The number of nitrogens with one attached hydrogen (secondary N) is 1. The molecule has 0 spiro atoms. The monoisotopic (exact) mass is 226 g/mol. The molecular weight excluding hydrogens is 212 g/mol. The van der Waals surface area contributed by atoms with Gasteiger partial charge in [0.1, 0.15) is 6.54 Å². The largest absolute Gasteiger partial charge is 0.480 e. The Morgan fingerprint density at radius 2 is 2.31 bits per heavy atom. The molecule has 0 bridgehead atoms. The van der Waals surface area contributed by atoms with Crippen LogP contribution in [0.1, 0.15) is 6.92 Å². The van der Waals surface area contributed by atoms with E-state index in [-0.39, 0.29) is 6.54 Å². The Morgan fingerprint density at radius 3 is 2.75 bits per heavy atom. The van der Waals surface area contributed by atoms with E-state index in [0.717, 1.165) is 0 Å². The quantitative estimate of drug-likeness (QED) is 0.775. The van der Waals surface area contributed by atoms with Crippen molar-refractivity contribution in [3.63, 3.8) is 0 Å². The number of anilines is 1. The van der Waals surface area contributed by atoms with Gasteiger partial charge >= 0.3 is 12.0 Å². The average molecular weight is 226 g/mol. The van der Waals surface area contributed by atoms with E-state index in [1.54, 1.807) is 24.9 Å². The predicted molar refractivity (Wildman–Crippen MR) is 57.1 cm³/mol. The summed E-state index contributed by atoms with van der Waals surface area (Å²) >= 11 is 0. The van der Waals surface area contributed by atoms with E-state index in [9.17, 15) is 9.59 Å². The molecule has 1 rings (SSSR count). The van der Waals surface area contributed by atoms with Crippen molar-refractivity contribution >= 4 is 17.7 Å². The SMILES string of the molecule is CCN(CC(=O)O)C(=O)Nc1cnn(C)c1. The summed E-state index contributed by atoms with van der Waals surface area (Å²) < 4.78 is 1.54. The van der Waals surface area contributed by atoms with E-state index in [1.165, 1.54) is 11.1 Å². The number of aromatic nitrogens is 2. The fraction of sp³-hybridized carbons (Fsp3) is 0.444. The molecule has 0 aliphatic heterocycles. The lowest BCUT2D eigenvalue weighted by Crippen LogP contribution is -2.38. The van der Waals surface area contributed by atoms with Crippen molar-refractivity contribution in [3.8, 4) is 0 Å². The molecule has 0 aliphatic rings. The van der Waals surface area contributed by atoms with Crippen molar-refractivity contribution in [2.45, 2.75) is 6.92 Å². The van der Waals surface area contributed by atoms with Gasteiger partial charge in [-0.3, -0.25) is 9.48 Å². The Bertz CT molecular complexity index is 388. The van der Waals surface area contributed by atoms with Crippen LogP contribution in [0.2, 0.25) is 0 Å². The zero-order valence-electron chi connectivity index (χ0n) is 9.17. The van der Waals surface area contributed by atoms with E-state index >= 15 is 0 Å². The zero-order chi connectivity index (χ0) is 12.1. The first-order valence-corrected chi connectivity index (χ1v) is 4.79. The van der Waals surface area contributed by atoms with Crippen LogP contribution >= 0.6 is 0 Å². The number of urea groups is 1. The highest BCUT2D eigenvalue weighted by atomic mass is 16.4. The highest BCUT2D eigenvalue weighted by molar-refractivity contribution is 5.91. The van der Waals surface area contributed by atoms with E-state index in [0.29, 0.717) is 12.2 Å². The second-order valence-electron chi connectivity index (χ2n) is 3.24. The minimum absolute atomic E-state index is 0.317. The highest BCUT2D eigenvalue weighted by Crippen LogP contribution is 2.05. The lowest BCUT2D eigenvalue weighted by atomic mass is 10.5. The molecule has 1 heterocycles. The van der Waals surface area contributed by atoms with Gasteiger partial charge in [-0.1, -0.05) is 0 Å². The van der Waals surface area contributed by atoms with Crippen molar-refractivity contribution < 1.29 is 14.7 Å². The molecule has 0 aliphatic carbocycles. The maximum atomic E-state index is 11.6. The summed E-state index contributed by atoms with van der Waals surface area (Å²) in [4.78, 5) is 23.3. The van der Waals surface area contributed by atoms with Gasteiger partial charge in [-0.05, 0) is 6.92 Å². The molecule has 88 valence electrons. The van der Waals surface area contributed by atoms with Crippen LogP contribution in [-0.2, 0) is 11.8 Å². The molecule has 1 aromatic rings. The van der Waals surface area contributed by atoms with Gasteiger partial charge in [-0.2, -0.15) is 5.10 Å².